The predicted octanol–water partition coefficient (Wildman–Crippen LogP) is 0.641. The fraction of sp³-hybridized carbons (Fsp3) is 0.385. The number of rotatable bonds is 2. The van der Waals surface area contributed by atoms with E-state index in [-0.39, 0.29) is 17.2 Å². The smallest absolute Gasteiger partial charge is 0.273 e. The van der Waals surface area contributed by atoms with Crippen molar-refractivity contribution < 1.29 is 19.4 Å². The number of phenolic OH excluding ortho intramolecular Hbond substituents is 1. The Hall–Kier alpha value is -2.08. The molecule has 1 unspecified atom stereocenters. The molecule has 0 saturated carbocycles. The molecule has 0 aromatic heterocycles. The van der Waals surface area contributed by atoms with Crippen LogP contribution in [0.1, 0.15) is 28.8 Å². The van der Waals surface area contributed by atoms with Gasteiger partial charge < -0.3 is 9.84 Å². The summed E-state index contributed by atoms with van der Waals surface area (Å²) < 4.78 is 5.18. The zero-order valence-corrected chi connectivity index (χ0v) is 10.6. The predicted molar refractivity (Wildman–Crippen MR) is 67.4 cm³/mol. The molecule has 6 heteroatoms. The zero-order valence-electron chi connectivity index (χ0n) is 10.6. The van der Waals surface area contributed by atoms with Gasteiger partial charge in [0, 0.05) is 6.61 Å². The lowest BCUT2D eigenvalue weighted by atomic mass is 10.1. The van der Waals surface area contributed by atoms with Crippen LogP contribution in [-0.2, 0) is 9.53 Å². The molecule has 1 atom stereocenters. The van der Waals surface area contributed by atoms with Gasteiger partial charge in [0.2, 0.25) is 0 Å². The minimum absolute atomic E-state index is 0.118. The summed E-state index contributed by atoms with van der Waals surface area (Å²) in [5.74, 6) is -1.07. The van der Waals surface area contributed by atoms with Crippen molar-refractivity contribution in [2.75, 3.05) is 6.61 Å². The maximum atomic E-state index is 11.8. The molecule has 1 fully saturated rings. The molecule has 2 rings (SSSR count). The van der Waals surface area contributed by atoms with E-state index < -0.39 is 12.0 Å². The van der Waals surface area contributed by atoms with Gasteiger partial charge in [-0.15, -0.1) is 0 Å². The number of hydrogen-bond acceptors (Lipinski definition) is 4. The molecule has 102 valence electrons. The molecule has 0 aliphatic carbocycles. The second-order valence-electron chi connectivity index (χ2n) is 4.47. The van der Waals surface area contributed by atoms with Crippen molar-refractivity contribution in [3.05, 3.63) is 29.3 Å². The number of benzene rings is 1. The summed E-state index contributed by atoms with van der Waals surface area (Å²) in [6.07, 6.45) is 0.980. The lowest BCUT2D eigenvalue weighted by Gasteiger charge is -2.12. The van der Waals surface area contributed by atoms with E-state index in [9.17, 15) is 14.7 Å². The molecule has 1 heterocycles. The molecule has 1 saturated heterocycles. The second kappa shape index (κ2) is 5.71. The minimum atomic E-state index is -0.562. The normalized spacial score (nSPS) is 18.1. The van der Waals surface area contributed by atoms with Crippen LogP contribution in [-0.4, -0.2) is 29.6 Å². The van der Waals surface area contributed by atoms with Gasteiger partial charge in [0.1, 0.15) is 11.9 Å². The highest BCUT2D eigenvalue weighted by Gasteiger charge is 2.24. The van der Waals surface area contributed by atoms with E-state index in [1.54, 1.807) is 19.1 Å². The van der Waals surface area contributed by atoms with Crippen molar-refractivity contribution in [3.8, 4) is 5.75 Å². The van der Waals surface area contributed by atoms with Crippen LogP contribution >= 0.6 is 0 Å². The third-order valence-corrected chi connectivity index (χ3v) is 2.92. The fourth-order valence-electron chi connectivity index (χ4n) is 1.88. The summed E-state index contributed by atoms with van der Waals surface area (Å²) in [5.41, 5.74) is 5.52. The van der Waals surface area contributed by atoms with E-state index in [4.69, 9.17) is 4.74 Å². The molecule has 1 aliphatic rings. The summed E-state index contributed by atoms with van der Waals surface area (Å²) in [5, 5.41) is 9.58. The van der Waals surface area contributed by atoms with Gasteiger partial charge in [-0.1, -0.05) is 11.6 Å². The van der Waals surface area contributed by atoms with Crippen molar-refractivity contribution in [2.45, 2.75) is 25.9 Å². The molecule has 0 bridgehead atoms. The largest absolute Gasteiger partial charge is 0.507 e. The van der Waals surface area contributed by atoms with Crippen molar-refractivity contribution in [1.82, 2.24) is 10.9 Å². The number of carbonyl (C=O) groups is 2. The number of carbonyl (C=O) groups excluding carboxylic acids is 2. The lowest BCUT2D eigenvalue weighted by Crippen LogP contribution is -2.46. The fourth-order valence-corrected chi connectivity index (χ4v) is 1.88. The first-order valence-electron chi connectivity index (χ1n) is 6.09. The number of phenols is 1. The summed E-state index contributed by atoms with van der Waals surface area (Å²) in [7, 11) is 0. The van der Waals surface area contributed by atoms with Gasteiger partial charge in [-0.25, -0.2) is 0 Å². The Morgan fingerprint density at radius 3 is 2.84 bits per heavy atom. The molecule has 0 radical (unpaired) electrons. The van der Waals surface area contributed by atoms with E-state index in [1.165, 1.54) is 6.07 Å². The van der Waals surface area contributed by atoms with E-state index in [2.05, 4.69) is 10.9 Å². The van der Waals surface area contributed by atoms with Crippen LogP contribution in [0.2, 0.25) is 0 Å². The number of hydrazine groups is 1. The number of aryl methyl sites for hydroxylation is 1. The van der Waals surface area contributed by atoms with Crippen LogP contribution in [0.15, 0.2) is 18.2 Å². The molecular formula is C13H16N2O4. The van der Waals surface area contributed by atoms with E-state index in [0.29, 0.717) is 13.0 Å². The monoisotopic (exact) mass is 264 g/mol. The second-order valence-corrected chi connectivity index (χ2v) is 4.47. The maximum absolute atomic E-state index is 11.8. The van der Waals surface area contributed by atoms with Crippen molar-refractivity contribution in [3.63, 3.8) is 0 Å². The Labute approximate surface area is 110 Å². The Morgan fingerprint density at radius 1 is 1.37 bits per heavy atom. The van der Waals surface area contributed by atoms with Crippen LogP contribution in [0.25, 0.3) is 0 Å². The van der Waals surface area contributed by atoms with Crippen molar-refractivity contribution in [2.24, 2.45) is 0 Å². The Morgan fingerprint density at radius 2 is 2.16 bits per heavy atom. The summed E-state index contributed by atoms with van der Waals surface area (Å²) in [6, 6.07) is 4.67. The Bertz CT molecular complexity index is 495. The first-order valence-corrected chi connectivity index (χ1v) is 6.09. The summed E-state index contributed by atoms with van der Waals surface area (Å²) in [4.78, 5) is 23.4. The van der Waals surface area contributed by atoms with Gasteiger partial charge in [0.15, 0.2) is 0 Å². The number of aromatic hydroxyl groups is 1. The standard InChI is InChI=1S/C13H16N2O4/c1-8-4-5-10(16)9(7-8)12(17)14-15-13(18)11-3-2-6-19-11/h4-5,7,11,16H,2-3,6H2,1H3,(H,14,17)(H,15,18). The Balaban J connectivity index is 1.93. The van der Waals surface area contributed by atoms with E-state index in [1.807, 2.05) is 0 Å². The molecule has 3 N–H and O–H groups in total. The molecule has 1 aliphatic heterocycles. The quantitative estimate of drug-likeness (QED) is 0.684. The van der Waals surface area contributed by atoms with Crippen LogP contribution < -0.4 is 10.9 Å². The van der Waals surface area contributed by atoms with Gasteiger partial charge in [0.05, 0.1) is 5.56 Å². The van der Waals surface area contributed by atoms with Gasteiger partial charge in [-0.2, -0.15) is 0 Å². The van der Waals surface area contributed by atoms with Gasteiger partial charge in [-0.05, 0) is 31.9 Å². The number of ether oxygens (including phenoxy) is 1. The summed E-state index contributed by atoms with van der Waals surface area (Å²) >= 11 is 0. The molecule has 6 nitrogen and oxygen atoms in total. The SMILES string of the molecule is Cc1ccc(O)c(C(=O)NNC(=O)C2CCCO2)c1. The molecule has 2 amide bonds. The highest BCUT2D eigenvalue weighted by Crippen LogP contribution is 2.17. The number of hydrogen-bond donors (Lipinski definition) is 3. The van der Waals surface area contributed by atoms with Crippen molar-refractivity contribution >= 4 is 11.8 Å². The van der Waals surface area contributed by atoms with E-state index in [0.717, 1.165) is 12.0 Å². The average molecular weight is 264 g/mol. The van der Waals surface area contributed by atoms with Crippen LogP contribution in [0.5, 0.6) is 5.75 Å². The molecule has 19 heavy (non-hydrogen) atoms. The highest BCUT2D eigenvalue weighted by atomic mass is 16.5. The zero-order chi connectivity index (χ0) is 13.8. The summed E-state index contributed by atoms with van der Waals surface area (Å²) in [6.45, 7) is 2.37. The third kappa shape index (κ3) is 3.23. The lowest BCUT2D eigenvalue weighted by molar-refractivity contribution is -0.130. The van der Waals surface area contributed by atoms with Gasteiger partial charge >= 0.3 is 0 Å². The molecule has 0 spiro atoms. The van der Waals surface area contributed by atoms with Gasteiger partial charge in [-0.3, -0.25) is 20.4 Å². The highest BCUT2D eigenvalue weighted by molar-refractivity contribution is 5.98. The third-order valence-electron chi connectivity index (χ3n) is 2.92. The first-order chi connectivity index (χ1) is 9.08. The first kappa shape index (κ1) is 13.4. The number of nitrogens with one attached hydrogen (secondary N) is 2. The average Bonchev–Trinajstić information content (AvgIpc) is 2.92. The molecule has 1 aromatic rings. The van der Waals surface area contributed by atoms with Crippen LogP contribution in [0.3, 0.4) is 0 Å². The molecule has 1 aromatic carbocycles. The molecular weight excluding hydrogens is 248 g/mol. The maximum Gasteiger partial charge on any atom is 0.273 e. The van der Waals surface area contributed by atoms with Crippen LogP contribution in [0, 0.1) is 6.92 Å². The van der Waals surface area contributed by atoms with Crippen LogP contribution in [0.4, 0.5) is 0 Å². The van der Waals surface area contributed by atoms with E-state index >= 15 is 0 Å². The van der Waals surface area contributed by atoms with Gasteiger partial charge in [0.25, 0.3) is 11.8 Å². The number of amides is 2. The topological polar surface area (TPSA) is 87.7 Å². The Kier molecular flexibility index (Phi) is 4.01. The van der Waals surface area contributed by atoms with Crippen molar-refractivity contribution in [1.29, 1.82) is 0 Å². The minimum Gasteiger partial charge on any atom is -0.507 e.